The number of thiazole rings is 1. The van der Waals surface area contributed by atoms with E-state index in [1.807, 2.05) is 51.2 Å². The second-order valence-corrected chi connectivity index (χ2v) is 14.2. The van der Waals surface area contributed by atoms with Crippen molar-refractivity contribution >= 4 is 66.3 Å². The zero-order valence-electron chi connectivity index (χ0n) is 23.3. The summed E-state index contributed by atoms with van der Waals surface area (Å²) in [4.78, 5) is 20.0. The molecule has 1 aliphatic heterocycles. The van der Waals surface area contributed by atoms with Gasteiger partial charge in [-0.15, -0.1) is 22.7 Å². The number of halogens is 3. The number of benzene rings is 1. The van der Waals surface area contributed by atoms with Gasteiger partial charge < -0.3 is 14.6 Å². The molecule has 2 unspecified atom stereocenters. The van der Waals surface area contributed by atoms with Gasteiger partial charge in [0.25, 0.3) is 10.0 Å². The topological polar surface area (TPSA) is 147 Å². The highest BCUT2D eigenvalue weighted by Gasteiger charge is 2.38. The number of para-hydroxylation sites is 1. The van der Waals surface area contributed by atoms with Crippen LogP contribution in [0.3, 0.4) is 0 Å². The molecule has 3 aromatic heterocycles. The van der Waals surface area contributed by atoms with Gasteiger partial charge in [-0.25, -0.2) is 18.2 Å². The number of carboxylic acid groups (broad SMARTS) is 1. The molecule has 1 fully saturated rings. The fourth-order valence-electron chi connectivity index (χ4n) is 4.28. The van der Waals surface area contributed by atoms with Gasteiger partial charge >= 0.3 is 12.1 Å². The number of alkyl halides is 3. The summed E-state index contributed by atoms with van der Waals surface area (Å²) in [6, 6.07) is 11.0. The zero-order chi connectivity index (χ0) is 31.9. The molecular weight excluding hydrogens is 650 g/mol. The van der Waals surface area contributed by atoms with E-state index >= 15 is 0 Å². The summed E-state index contributed by atoms with van der Waals surface area (Å²) in [6.07, 6.45) is -2.59. The number of fused-ring (bicyclic) bond motifs is 1. The molecule has 2 atom stereocenters. The minimum absolute atomic E-state index is 0.300. The van der Waals surface area contributed by atoms with E-state index < -0.39 is 33.2 Å². The van der Waals surface area contributed by atoms with Crippen LogP contribution < -0.4 is 4.31 Å². The fraction of sp³-hybridized carbons (Fsp3) is 0.385. The number of nitrogens with zero attached hydrogens (tertiary/aromatic N) is 3. The van der Waals surface area contributed by atoms with Gasteiger partial charge in [-0.2, -0.15) is 13.2 Å². The minimum atomic E-state index is -5.08. The Balaban J connectivity index is 0.000000496. The van der Waals surface area contributed by atoms with Gasteiger partial charge in [-0.3, -0.25) is 13.4 Å². The number of anilines is 1. The first-order valence-corrected chi connectivity index (χ1v) is 17.3. The van der Waals surface area contributed by atoms with Crippen LogP contribution in [0, 0.1) is 0 Å². The van der Waals surface area contributed by atoms with Gasteiger partial charge in [0.15, 0.2) is 0 Å². The lowest BCUT2D eigenvalue weighted by Gasteiger charge is -2.22. The monoisotopic (exact) mass is 679 g/mol. The second-order valence-electron chi connectivity index (χ2n) is 8.87. The lowest BCUT2D eigenvalue weighted by molar-refractivity contribution is -0.192. The zero-order valence-corrected chi connectivity index (χ0v) is 26.6. The molecule has 17 heteroatoms. The summed E-state index contributed by atoms with van der Waals surface area (Å²) < 4.78 is 82.4. The number of sulfonamides is 1. The molecule has 0 amide bonds. The molecule has 4 heterocycles. The smallest absolute Gasteiger partial charge is 0.490 e. The van der Waals surface area contributed by atoms with E-state index in [0.717, 1.165) is 33.0 Å². The lowest BCUT2D eigenvalue weighted by atomic mass is 10.2. The van der Waals surface area contributed by atoms with Crippen LogP contribution in [0.5, 0.6) is 0 Å². The number of aromatic amines is 1. The van der Waals surface area contributed by atoms with Crippen molar-refractivity contribution in [2.75, 3.05) is 23.9 Å². The van der Waals surface area contributed by atoms with Crippen LogP contribution in [0.4, 0.5) is 18.9 Å². The Morgan fingerprint density at radius 1 is 1.28 bits per heavy atom. The van der Waals surface area contributed by atoms with Gasteiger partial charge in [0.05, 0.1) is 16.9 Å². The lowest BCUT2D eigenvalue weighted by Crippen LogP contribution is -2.30. The Kier molecular flexibility index (Phi) is 11.9. The average molecular weight is 680 g/mol. The molecule has 236 valence electrons. The summed E-state index contributed by atoms with van der Waals surface area (Å²) in [5.74, 6) is -2.76. The average Bonchev–Trinajstić information content (AvgIpc) is 3.77. The minimum Gasteiger partial charge on any atom is -0.772 e. The fourth-order valence-corrected chi connectivity index (χ4v) is 8.42. The maximum Gasteiger partial charge on any atom is 0.490 e. The van der Waals surface area contributed by atoms with Crippen molar-refractivity contribution in [2.24, 2.45) is 0 Å². The van der Waals surface area contributed by atoms with Crippen molar-refractivity contribution in [3.63, 3.8) is 0 Å². The number of hydrogen-bond donors (Lipinski definition) is 2. The van der Waals surface area contributed by atoms with E-state index in [2.05, 4.69) is 14.9 Å². The van der Waals surface area contributed by atoms with Crippen LogP contribution in [0.25, 0.3) is 21.6 Å². The molecule has 4 aromatic rings. The Morgan fingerprint density at radius 3 is 2.53 bits per heavy atom. The highest BCUT2D eigenvalue weighted by molar-refractivity contribution is 7.94. The normalized spacial score (nSPS) is 16.2. The first-order chi connectivity index (χ1) is 20.3. The van der Waals surface area contributed by atoms with Crippen LogP contribution in [-0.2, 0) is 32.4 Å². The Labute approximate surface area is 257 Å². The third-order valence-corrected chi connectivity index (χ3v) is 11.3. The first kappa shape index (κ1) is 34.7. The number of rotatable bonds is 8. The van der Waals surface area contributed by atoms with E-state index in [1.165, 1.54) is 15.6 Å². The third-order valence-electron chi connectivity index (χ3n) is 6.14. The second kappa shape index (κ2) is 14.8. The molecule has 0 spiro atoms. The highest BCUT2D eigenvalue weighted by Crippen LogP contribution is 2.35. The van der Waals surface area contributed by atoms with Crippen molar-refractivity contribution < 1.29 is 40.3 Å². The van der Waals surface area contributed by atoms with Crippen LogP contribution in [0.15, 0.2) is 52.2 Å². The molecule has 0 radical (unpaired) electrons. The molecule has 0 bridgehead atoms. The molecule has 1 saturated heterocycles. The standard InChI is InChI=1S/C22H24N4O4S4.C2HF3O2.C2H6/c1-2-26(34(29,30)20-7-4-10-31-20)19-6-3-5-15-11-18(24-21(15)19)22-23-12-16(32-22)13-25-9-8-17(14-25)33(27)28;3-2(4,5)1(6)7;1-2/h3-7,10-12,17,24H,2,8-9,13-14H2,1H3,(H,27,28);(H,6,7);1-2H3/p-1. The Hall–Kier alpha value is -2.83. The molecule has 0 aliphatic carbocycles. The number of thiophene rings is 1. The molecule has 1 aliphatic rings. The largest absolute Gasteiger partial charge is 0.772 e. The van der Waals surface area contributed by atoms with Crippen molar-refractivity contribution in [3.05, 3.63) is 52.9 Å². The molecule has 5 rings (SSSR count). The Morgan fingerprint density at radius 2 is 1.98 bits per heavy atom. The highest BCUT2D eigenvalue weighted by atomic mass is 32.2. The van der Waals surface area contributed by atoms with E-state index in [-0.39, 0.29) is 5.25 Å². The number of aromatic nitrogens is 2. The molecule has 1 aromatic carbocycles. The quantitative estimate of drug-likeness (QED) is 0.226. The Bertz CT molecular complexity index is 1640. The predicted octanol–water partition coefficient (Wildman–Crippen LogP) is 5.68. The van der Waals surface area contributed by atoms with Crippen LogP contribution in [0.1, 0.15) is 32.1 Å². The van der Waals surface area contributed by atoms with E-state index in [1.54, 1.807) is 28.8 Å². The summed E-state index contributed by atoms with van der Waals surface area (Å²) >= 11 is 0.728. The molecular formula is C26H30F3N4O6S4-. The van der Waals surface area contributed by atoms with Gasteiger partial charge in [-0.05, 0) is 43.5 Å². The number of carbonyl (C=O) groups is 1. The van der Waals surface area contributed by atoms with Crippen LogP contribution >= 0.6 is 22.7 Å². The molecule has 43 heavy (non-hydrogen) atoms. The number of aliphatic carboxylic acids is 1. The maximum absolute atomic E-state index is 13.2. The SMILES string of the molecule is CC.CCN(c1cccc2cc(-c3ncc(CN4CCC(S(=O)[O-])C4)s3)[nH]c12)S(=O)(=O)c1cccs1.O=C(O)C(F)(F)F. The summed E-state index contributed by atoms with van der Waals surface area (Å²) in [5.41, 5.74) is 2.17. The van der Waals surface area contributed by atoms with E-state index in [9.17, 15) is 30.4 Å². The number of H-pyrrole nitrogens is 1. The maximum atomic E-state index is 13.2. The summed E-state index contributed by atoms with van der Waals surface area (Å²) in [6.45, 7) is 8.10. The van der Waals surface area contributed by atoms with Gasteiger partial charge in [-0.1, -0.05) is 43.1 Å². The molecule has 0 saturated carbocycles. The predicted molar refractivity (Wildman–Crippen MR) is 162 cm³/mol. The molecule has 10 nitrogen and oxygen atoms in total. The van der Waals surface area contributed by atoms with Crippen molar-refractivity contribution in [1.29, 1.82) is 0 Å². The number of hydrogen-bond acceptors (Lipinski definition) is 9. The van der Waals surface area contributed by atoms with Crippen molar-refractivity contribution in [3.8, 4) is 10.7 Å². The van der Waals surface area contributed by atoms with Crippen LogP contribution in [0.2, 0.25) is 0 Å². The number of carboxylic acids is 1. The third kappa shape index (κ3) is 8.42. The summed E-state index contributed by atoms with van der Waals surface area (Å²) in [5, 5.41) is 10.3. The summed E-state index contributed by atoms with van der Waals surface area (Å²) in [7, 11) is -3.66. The van der Waals surface area contributed by atoms with Gasteiger partial charge in [0.1, 0.15) is 9.22 Å². The first-order valence-electron chi connectivity index (χ1n) is 13.0. The van der Waals surface area contributed by atoms with Crippen molar-refractivity contribution in [1.82, 2.24) is 14.9 Å². The van der Waals surface area contributed by atoms with Gasteiger partial charge in [0.2, 0.25) is 0 Å². The van der Waals surface area contributed by atoms with Crippen LogP contribution in [-0.4, -0.2) is 74.2 Å². The van der Waals surface area contributed by atoms with Gasteiger partial charge in [0, 0.05) is 41.3 Å². The molecule has 2 N–H and O–H groups in total. The number of likely N-dealkylation sites (tertiary alicyclic amines) is 1. The number of nitrogens with one attached hydrogen (secondary N) is 1. The van der Waals surface area contributed by atoms with E-state index in [0.29, 0.717) is 36.0 Å². The van der Waals surface area contributed by atoms with Crippen molar-refractivity contribution in [2.45, 2.75) is 49.4 Å². The van der Waals surface area contributed by atoms with E-state index in [4.69, 9.17) is 9.90 Å².